The van der Waals surface area contributed by atoms with E-state index in [1.165, 1.54) is 0 Å². The minimum absolute atomic E-state index is 0.393. The molecule has 0 aliphatic rings. The van der Waals surface area contributed by atoms with Gasteiger partial charge in [0.2, 0.25) is 0 Å². The van der Waals surface area contributed by atoms with E-state index < -0.39 is 85.6 Å². The zero-order valence-electron chi connectivity index (χ0n) is 17.2. The third-order valence-corrected chi connectivity index (χ3v) is 4.19. The van der Waals surface area contributed by atoms with Crippen LogP contribution in [-0.2, 0) is 19.1 Å². The summed E-state index contributed by atoms with van der Waals surface area (Å²) >= 11 is 0. The quantitative estimate of drug-likeness (QED) is 0.149. The van der Waals surface area contributed by atoms with Gasteiger partial charge < -0.3 is 9.47 Å². The fourth-order valence-corrected chi connectivity index (χ4v) is 1.97. The molecule has 0 heterocycles. The van der Waals surface area contributed by atoms with Gasteiger partial charge in [-0.25, -0.2) is 9.59 Å². The van der Waals surface area contributed by atoms with Gasteiger partial charge in [0.05, 0.1) is 26.1 Å². The van der Waals surface area contributed by atoms with Crippen LogP contribution < -0.4 is 0 Å². The van der Waals surface area contributed by atoms with Crippen LogP contribution in [-0.4, -0.2) is 72.8 Å². The van der Waals surface area contributed by atoms with E-state index in [9.17, 15) is 84.2 Å². The highest BCUT2D eigenvalue weighted by Crippen LogP contribution is 2.60. The molecular weight excluding hydrogens is 579 g/mol. The number of hydrogen-bond donors (Lipinski definition) is 0. The average Bonchev–Trinajstić information content (AvgIpc) is 2.71. The standard InChI is InChI=1S/C16H11F17O4/c1-2-7(34)36-5-3-9(17,18)11(21,22)8(35)37-6-4-10(19,20)12(23,24)13(25,26)14(27,28)15(29,30)16(31,32)33/h2H,1,3-6H2. The molecule has 0 aliphatic carbocycles. The van der Waals surface area contributed by atoms with Gasteiger partial charge in [-0.2, -0.15) is 74.6 Å². The summed E-state index contributed by atoms with van der Waals surface area (Å²) < 4.78 is 229. The van der Waals surface area contributed by atoms with E-state index in [4.69, 9.17) is 0 Å². The highest BCUT2D eigenvalue weighted by Gasteiger charge is 2.90. The maximum atomic E-state index is 13.5. The molecule has 218 valence electrons. The van der Waals surface area contributed by atoms with Crippen LogP contribution in [0.2, 0.25) is 0 Å². The van der Waals surface area contributed by atoms with Crippen molar-refractivity contribution in [2.45, 2.75) is 60.5 Å². The van der Waals surface area contributed by atoms with Gasteiger partial charge in [0.25, 0.3) is 0 Å². The molecule has 0 aliphatic heterocycles. The number of halogens is 17. The van der Waals surface area contributed by atoms with Crippen molar-refractivity contribution in [2.75, 3.05) is 13.2 Å². The normalized spacial score (nSPS) is 14.8. The lowest BCUT2D eigenvalue weighted by Gasteiger charge is -2.39. The summed E-state index contributed by atoms with van der Waals surface area (Å²) in [5.41, 5.74) is 0. The number of esters is 2. The molecule has 0 rings (SSSR count). The molecule has 0 saturated heterocycles. The van der Waals surface area contributed by atoms with Gasteiger partial charge in [-0.1, -0.05) is 6.58 Å². The second kappa shape index (κ2) is 10.3. The Labute approximate surface area is 193 Å². The Kier molecular flexibility index (Phi) is 9.63. The Hall–Kier alpha value is -2.51. The summed E-state index contributed by atoms with van der Waals surface area (Å²) in [6.45, 7) is -1.36. The molecule has 0 bridgehead atoms. The van der Waals surface area contributed by atoms with Gasteiger partial charge in [-0.05, 0) is 0 Å². The zero-order chi connectivity index (χ0) is 30.1. The van der Waals surface area contributed by atoms with Gasteiger partial charge in [0.15, 0.2) is 0 Å². The number of ether oxygens (including phenoxy) is 2. The van der Waals surface area contributed by atoms with E-state index in [0.717, 1.165) is 0 Å². The topological polar surface area (TPSA) is 52.6 Å². The molecular formula is C16H11F17O4. The first-order chi connectivity index (χ1) is 16.1. The van der Waals surface area contributed by atoms with Crippen LogP contribution in [0.1, 0.15) is 12.8 Å². The molecule has 0 radical (unpaired) electrons. The first-order valence-corrected chi connectivity index (χ1v) is 8.76. The molecule has 0 aromatic heterocycles. The van der Waals surface area contributed by atoms with E-state index in [-0.39, 0.29) is 0 Å². The highest BCUT2D eigenvalue weighted by molar-refractivity contribution is 5.81. The lowest BCUT2D eigenvalue weighted by molar-refractivity contribution is -0.440. The number of alkyl halides is 17. The van der Waals surface area contributed by atoms with E-state index in [1.54, 1.807) is 0 Å². The molecule has 0 amide bonds. The third-order valence-electron chi connectivity index (χ3n) is 4.19. The van der Waals surface area contributed by atoms with Crippen molar-refractivity contribution in [2.24, 2.45) is 0 Å². The minimum atomic E-state index is -8.22. The van der Waals surface area contributed by atoms with Crippen molar-refractivity contribution in [3.8, 4) is 0 Å². The van der Waals surface area contributed by atoms with Gasteiger partial charge in [0, 0.05) is 6.08 Å². The SMILES string of the molecule is C=CC(=O)OCCC(F)(F)C(F)(F)C(=O)OCCC(F)(F)C(F)(F)C(F)(F)C(F)(F)C(F)(F)C(F)(F)F. The van der Waals surface area contributed by atoms with Crippen molar-refractivity contribution >= 4 is 11.9 Å². The molecule has 4 nitrogen and oxygen atoms in total. The Morgan fingerprint density at radius 3 is 1.35 bits per heavy atom. The molecule has 0 N–H and O–H groups in total. The van der Waals surface area contributed by atoms with Crippen LogP contribution in [0.15, 0.2) is 12.7 Å². The summed E-state index contributed by atoms with van der Waals surface area (Å²) in [7, 11) is 0. The van der Waals surface area contributed by atoms with Gasteiger partial charge in [-0.15, -0.1) is 0 Å². The Bertz CT molecular complexity index is 847. The van der Waals surface area contributed by atoms with Crippen LogP contribution in [0.4, 0.5) is 74.6 Å². The fraction of sp³-hybridized carbons (Fsp3) is 0.750. The summed E-state index contributed by atoms with van der Waals surface area (Å²) in [5, 5.41) is 0. The van der Waals surface area contributed by atoms with E-state index in [1.807, 2.05) is 0 Å². The summed E-state index contributed by atoms with van der Waals surface area (Å²) in [5.74, 6) is -55.3. The smallest absolute Gasteiger partial charge is 0.460 e. The van der Waals surface area contributed by atoms with Crippen LogP contribution in [0.5, 0.6) is 0 Å². The van der Waals surface area contributed by atoms with Crippen molar-refractivity contribution in [3.63, 3.8) is 0 Å². The zero-order valence-corrected chi connectivity index (χ0v) is 17.2. The Morgan fingerprint density at radius 2 is 0.946 bits per heavy atom. The van der Waals surface area contributed by atoms with Crippen LogP contribution >= 0.6 is 0 Å². The minimum Gasteiger partial charge on any atom is -0.462 e. The molecule has 0 spiro atoms. The Balaban J connectivity index is 5.63. The van der Waals surface area contributed by atoms with Crippen LogP contribution in [0, 0.1) is 0 Å². The molecule has 0 aromatic rings. The largest absolute Gasteiger partial charge is 0.462 e. The summed E-state index contributed by atoms with van der Waals surface area (Å²) in [4.78, 5) is 21.7. The highest BCUT2D eigenvalue weighted by atomic mass is 19.4. The van der Waals surface area contributed by atoms with Crippen molar-refractivity contribution in [3.05, 3.63) is 12.7 Å². The first kappa shape index (κ1) is 34.5. The number of carbonyl (C=O) groups is 2. The van der Waals surface area contributed by atoms with E-state index in [0.29, 0.717) is 6.08 Å². The van der Waals surface area contributed by atoms with Gasteiger partial charge in [0.1, 0.15) is 0 Å². The van der Waals surface area contributed by atoms with Gasteiger partial charge in [-0.3, -0.25) is 0 Å². The molecule has 0 fully saturated rings. The van der Waals surface area contributed by atoms with E-state index >= 15 is 0 Å². The molecule has 0 atom stereocenters. The maximum absolute atomic E-state index is 13.5. The molecule has 0 saturated carbocycles. The molecule has 0 unspecified atom stereocenters. The van der Waals surface area contributed by atoms with Crippen molar-refractivity contribution in [1.29, 1.82) is 0 Å². The molecule has 0 aromatic carbocycles. The second-order valence-corrected chi connectivity index (χ2v) is 6.79. The monoisotopic (exact) mass is 590 g/mol. The van der Waals surface area contributed by atoms with Crippen molar-refractivity contribution in [1.82, 2.24) is 0 Å². The van der Waals surface area contributed by atoms with Crippen LogP contribution in [0.25, 0.3) is 0 Å². The number of carbonyl (C=O) groups excluding carboxylic acids is 2. The maximum Gasteiger partial charge on any atom is 0.460 e. The van der Waals surface area contributed by atoms with E-state index in [2.05, 4.69) is 16.1 Å². The first-order valence-electron chi connectivity index (χ1n) is 8.76. The predicted octanol–water partition coefficient (Wildman–Crippen LogP) is 6.05. The van der Waals surface area contributed by atoms with Crippen LogP contribution in [0.3, 0.4) is 0 Å². The number of rotatable bonds is 13. The average molecular weight is 590 g/mol. The second-order valence-electron chi connectivity index (χ2n) is 6.79. The lowest BCUT2D eigenvalue weighted by Crippen LogP contribution is -2.70. The fourth-order valence-electron chi connectivity index (χ4n) is 1.97. The van der Waals surface area contributed by atoms with Crippen molar-refractivity contribution < 1.29 is 93.7 Å². The predicted molar refractivity (Wildman–Crippen MR) is 82.0 cm³/mol. The Morgan fingerprint density at radius 1 is 0.568 bits per heavy atom. The molecule has 37 heavy (non-hydrogen) atoms. The third kappa shape index (κ3) is 6.15. The summed E-state index contributed by atoms with van der Waals surface area (Å²) in [6, 6.07) is 0. The van der Waals surface area contributed by atoms with Gasteiger partial charge >= 0.3 is 59.6 Å². The molecule has 21 heteroatoms. The number of hydrogen-bond acceptors (Lipinski definition) is 4. The lowest BCUT2D eigenvalue weighted by atomic mass is 9.93. The summed E-state index contributed by atoms with van der Waals surface area (Å²) in [6.07, 6.45) is -12.6.